The van der Waals surface area contributed by atoms with Gasteiger partial charge in [-0.3, -0.25) is 0 Å². The molecule has 1 rings (SSSR count). The molecule has 0 saturated heterocycles. The highest BCUT2D eigenvalue weighted by Gasteiger charge is 2.20. The van der Waals surface area contributed by atoms with Crippen LogP contribution >= 0.6 is 0 Å². The van der Waals surface area contributed by atoms with E-state index in [1.807, 2.05) is 32.9 Å². The highest BCUT2D eigenvalue weighted by Crippen LogP contribution is 2.24. The van der Waals surface area contributed by atoms with E-state index in [2.05, 4.69) is 5.32 Å². The number of aromatic hydroxyl groups is 1. The van der Waals surface area contributed by atoms with Gasteiger partial charge in [-0.15, -0.1) is 0 Å². The number of ether oxygens (including phenoxy) is 1. The summed E-state index contributed by atoms with van der Waals surface area (Å²) in [6, 6.07) is 5.34. The molecule has 3 N–H and O–H groups in total. The van der Waals surface area contributed by atoms with Gasteiger partial charge in [0, 0.05) is 23.7 Å². The largest absolute Gasteiger partial charge is 0.507 e. The molecule has 0 aliphatic rings. The van der Waals surface area contributed by atoms with Crippen molar-refractivity contribution in [3.63, 3.8) is 0 Å². The number of hydrogen-bond donors (Lipinski definition) is 3. The average molecular weight is 267 g/mol. The molecule has 4 heteroatoms. The lowest BCUT2D eigenvalue weighted by molar-refractivity contribution is 0.168. The fourth-order valence-electron chi connectivity index (χ4n) is 1.60. The molecule has 0 radical (unpaired) electrons. The third-order valence-electron chi connectivity index (χ3n) is 3.36. The zero-order valence-corrected chi connectivity index (χ0v) is 12.1. The normalized spacial score (nSPS) is 14.1. The van der Waals surface area contributed by atoms with Gasteiger partial charge in [0.2, 0.25) is 0 Å². The summed E-state index contributed by atoms with van der Waals surface area (Å²) in [7, 11) is 0. The second-order valence-electron chi connectivity index (χ2n) is 5.06. The van der Waals surface area contributed by atoms with Crippen molar-refractivity contribution >= 4 is 0 Å². The summed E-state index contributed by atoms with van der Waals surface area (Å²) in [6.07, 6.45) is 1.76. The first-order valence-corrected chi connectivity index (χ1v) is 6.85. The van der Waals surface area contributed by atoms with Crippen molar-refractivity contribution in [2.45, 2.75) is 45.7 Å². The van der Waals surface area contributed by atoms with Crippen LogP contribution in [0, 0.1) is 0 Å². The van der Waals surface area contributed by atoms with Crippen molar-refractivity contribution < 1.29 is 14.9 Å². The quantitative estimate of drug-likeness (QED) is 0.677. The Balaban J connectivity index is 2.64. The SMILES string of the molecule is CCCOc1ccc(CNC(C)(CC)CO)c(O)c1. The third kappa shape index (κ3) is 4.73. The maximum atomic E-state index is 9.95. The molecule has 0 spiro atoms. The standard InChI is InChI=1S/C15H25NO3/c1-4-8-19-13-7-6-12(14(18)9-13)10-16-15(3,5-2)11-17/h6-7,9,16-18H,4-5,8,10-11H2,1-3H3. The van der Waals surface area contributed by atoms with Gasteiger partial charge in [-0.1, -0.05) is 19.9 Å². The number of hydrogen-bond acceptors (Lipinski definition) is 4. The van der Waals surface area contributed by atoms with E-state index in [0.717, 1.165) is 18.4 Å². The first kappa shape index (κ1) is 15.8. The highest BCUT2D eigenvalue weighted by atomic mass is 16.5. The lowest BCUT2D eigenvalue weighted by Gasteiger charge is -2.27. The van der Waals surface area contributed by atoms with Gasteiger partial charge in [0.05, 0.1) is 13.2 Å². The maximum Gasteiger partial charge on any atom is 0.123 e. The van der Waals surface area contributed by atoms with Gasteiger partial charge in [-0.25, -0.2) is 0 Å². The number of phenols is 1. The molecule has 19 heavy (non-hydrogen) atoms. The van der Waals surface area contributed by atoms with Crippen LogP contribution in [0.1, 0.15) is 39.2 Å². The Labute approximate surface area is 115 Å². The first-order chi connectivity index (χ1) is 9.04. The van der Waals surface area contributed by atoms with Gasteiger partial charge >= 0.3 is 0 Å². The summed E-state index contributed by atoms with van der Waals surface area (Å²) in [6.45, 7) is 7.26. The van der Waals surface area contributed by atoms with Crippen LogP contribution in [0.25, 0.3) is 0 Å². The maximum absolute atomic E-state index is 9.95. The second kappa shape index (κ2) is 7.36. The molecule has 0 amide bonds. The molecule has 1 unspecified atom stereocenters. The Morgan fingerprint density at radius 3 is 2.58 bits per heavy atom. The number of phenolic OH excluding ortho intramolecular Hbond substituents is 1. The van der Waals surface area contributed by atoms with Crippen LogP contribution in [0.3, 0.4) is 0 Å². The molecule has 0 saturated carbocycles. The number of aliphatic hydroxyl groups is 1. The predicted octanol–water partition coefficient (Wildman–Crippen LogP) is 2.43. The van der Waals surface area contributed by atoms with Crippen molar-refractivity contribution in [3.05, 3.63) is 23.8 Å². The van der Waals surface area contributed by atoms with E-state index >= 15 is 0 Å². The molecular weight excluding hydrogens is 242 g/mol. The molecule has 108 valence electrons. The summed E-state index contributed by atoms with van der Waals surface area (Å²) in [5.74, 6) is 0.904. The monoisotopic (exact) mass is 267 g/mol. The molecule has 0 fully saturated rings. The topological polar surface area (TPSA) is 61.7 Å². The predicted molar refractivity (Wildman–Crippen MR) is 76.5 cm³/mol. The summed E-state index contributed by atoms with van der Waals surface area (Å²) in [4.78, 5) is 0. The van der Waals surface area contributed by atoms with Crippen molar-refractivity contribution in [3.8, 4) is 11.5 Å². The Morgan fingerprint density at radius 2 is 2.05 bits per heavy atom. The lowest BCUT2D eigenvalue weighted by atomic mass is 10.00. The Kier molecular flexibility index (Phi) is 6.12. The summed E-state index contributed by atoms with van der Waals surface area (Å²) in [5, 5.41) is 22.5. The Bertz CT molecular complexity index is 389. The van der Waals surface area contributed by atoms with Gasteiger partial charge in [0.25, 0.3) is 0 Å². The first-order valence-electron chi connectivity index (χ1n) is 6.85. The minimum Gasteiger partial charge on any atom is -0.507 e. The van der Waals surface area contributed by atoms with Crippen LogP contribution in [0.2, 0.25) is 0 Å². The minimum absolute atomic E-state index is 0.0714. The number of rotatable bonds is 8. The number of nitrogens with one attached hydrogen (secondary N) is 1. The highest BCUT2D eigenvalue weighted by molar-refractivity contribution is 5.39. The van der Waals surface area contributed by atoms with Crippen molar-refractivity contribution in [1.82, 2.24) is 5.32 Å². The fourth-order valence-corrected chi connectivity index (χ4v) is 1.60. The van der Waals surface area contributed by atoms with E-state index < -0.39 is 0 Å². The lowest BCUT2D eigenvalue weighted by Crippen LogP contribution is -2.44. The van der Waals surface area contributed by atoms with E-state index in [1.165, 1.54) is 0 Å². The van der Waals surface area contributed by atoms with Gasteiger partial charge in [0.1, 0.15) is 11.5 Å². The van der Waals surface area contributed by atoms with Crippen molar-refractivity contribution in [1.29, 1.82) is 0 Å². The third-order valence-corrected chi connectivity index (χ3v) is 3.36. The number of aliphatic hydroxyl groups excluding tert-OH is 1. The minimum atomic E-state index is -0.316. The molecule has 1 aromatic rings. The van der Waals surface area contributed by atoms with Crippen molar-refractivity contribution in [2.75, 3.05) is 13.2 Å². The van der Waals surface area contributed by atoms with Gasteiger partial charge in [-0.2, -0.15) is 0 Å². The molecule has 1 aromatic carbocycles. The van der Waals surface area contributed by atoms with E-state index in [-0.39, 0.29) is 17.9 Å². The molecule has 0 bridgehead atoms. The zero-order chi connectivity index (χ0) is 14.3. The van der Waals surface area contributed by atoms with Crippen LogP contribution < -0.4 is 10.1 Å². The second-order valence-corrected chi connectivity index (χ2v) is 5.06. The zero-order valence-electron chi connectivity index (χ0n) is 12.1. The van der Waals surface area contributed by atoms with E-state index in [4.69, 9.17) is 4.74 Å². The van der Waals surface area contributed by atoms with E-state index in [0.29, 0.717) is 18.9 Å². The van der Waals surface area contributed by atoms with E-state index in [9.17, 15) is 10.2 Å². The summed E-state index contributed by atoms with van der Waals surface area (Å²) in [5.41, 5.74) is 0.487. The summed E-state index contributed by atoms with van der Waals surface area (Å²) >= 11 is 0. The number of benzene rings is 1. The molecule has 0 heterocycles. The van der Waals surface area contributed by atoms with Gasteiger partial charge in [-0.05, 0) is 25.8 Å². The smallest absolute Gasteiger partial charge is 0.123 e. The molecular formula is C15H25NO3. The molecule has 0 aliphatic carbocycles. The van der Waals surface area contributed by atoms with Gasteiger partial charge in [0.15, 0.2) is 0 Å². The Morgan fingerprint density at radius 1 is 1.32 bits per heavy atom. The molecule has 0 aromatic heterocycles. The van der Waals surface area contributed by atoms with Crippen LogP contribution in [-0.4, -0.2) is 29.0 Å². The molecule has 1 atom stereocenters. The van der Waals surface area contributed by atoms with Crippen LogP contribution in [-0.2, 0) is 6.54 Å². The van der Waals surface area contributed by atoms with Crippen LogP contribution in [0.5, 0.6) is 11.5 Å². The average Bonchev–Trinajstić information content (AvgIpc) is 2.43. The molecule has 4 nitrogen and oxygen atoms in total. The molecule has 0 aliphatic heterocycles. The van der Waals surface area contributed by atoms with Crippen LogP contribution in [0.15, 0.2) is 18.2 Å². The summed E-state index contributed by atoms with van der Waals surface area (Å²) < 4.78 is 5.46. The van der Waals surface area contributed by atoms with E-state index in [1.54, 1.807) is 6.07 Å². The van der Waals surface area contributed by atoms with Crippen LogP contribution in [0.4, 0.5) is 0 Å². The Hall–Kier alpha value is -1.26. The fraction of sp³-hybridized carbons (Fsp3) is 0.600. The van der Waals surface area contributed by atoms with Gasteiger partial charge < -0.3 is 20.3 Å². The van der Waals surface area contributed by atoms with Crippen molar-refractivity contribution in [2.24, 2.45) is 0 Å².